The van der Waals surface area contributed by atoms with Gasteiger partial charge >= 0.3 is 0 Å². The van der Waals surface area contributed by atoms with Gasteiger partial charge in [0.2, 0.25) is 0 Å². The molecule has 0 bridgehead atoms. The maximum absolute atomic E-state index is 12.5. The minimum Gasteiger partial charge on any atom is -0.507 e. The number of aliphatic hydroxyl groups excluding tert-OH is 1. The summed E-state index contributed by atoms with van der Waals surface area (Å²) in [6.07, 6.45) is -0.0134. The summed E-state index contributed by atoms with van der Waals surface area (Å²) in [6, 6.07) is 4.80. The molecule has 0 saturated heterocycles. The lowest BCUT2D eigenvalue weighted by atomic mass is 9.78. The maximum Gasteiger partial charge on any atom is 0.200 e. The van der Waals surface area contributed by atoms with Crippen LogP contribution in [0.25, 0.3) is 11.0 Å². The second-order valence-corrected chi connectivity index (χ2v) is 5.38. The van der Waals surface area contributed by atoms with E-state index in [-0.39, 0.29) is 28.4 Å². The Kier molecular flexibility index (Phi) is 2.64. The number of aromatic hydroxyl groups is 1. The van der Waals surface area contributed by atoms with E-state index in [1.54, 1.807) is 12.1 Å². The van der Waals surface area contributed by atoms with Crippen molar-refractivity contribution in [3.63, 3.8) is 0 Å². The molecular weight excluding hydrogens is 244 g/mol. The Morgan fingerprint density at radius 2 is 2.05 bits per heavy atom. The number of phenolic OH excluding ortho intramolecular Hbond substituents is 1. The molecule has 1 aliphatic rings. The summed E-state index contributed by atoms with van der Waals surface area (Å²) in [5.74, 6) is 0.335. The third kappa shape index (κ3) is 1.67. The molecular formula is C15H16O4. The van der Waals surface area contributed by atoms with Gasteiger partial charge in [0, 0.05) is 17.9 Å². The fourth-order valence-electron chi connectivity index (χ4n) is 2.97. The minimum absolute atomic E-state index is 0.0559. The summed E-state index contributed by atoms with van der Waals surface area (Å²) in [7, 11) is 0. The van der Waals surface area contributed by atoms with Crippen molar-refractivity contribution >= 4 is 11.0 Å². The zero-order valence-electron chi connectivity index (χ0n) is 10.9. The van der Waals surface area contributed by atoms with Crippen molar-refractivity contribution in [3.05, 3.63) is 39.7 Å². The van der Waals surface area contributed by atoms with Gasteiger partial charge in [0.1, 0.15) is 22.5 Å². The molecule has 19 heavy (non-hydrogen) atoms. The highest BCUT2D eigenvalue weighted by Gasteiger charge is 2.34. The fourth-order valence-corrected chi connectivity index (χ4v) is 2.97. The van der Waals surface area contributed by atoms with Crippen LogP contribution in [0.5, 0.6) is 5.75 Å². The monoisotopic (exact) mass is 260 g/mol. The smallest absolute Gasteiger partial charge is 0.200 e. The van der Waals surface area contributed by atoms with E-state index in [0.717, 1.165) is 0 Å². The normalized spacial score (nSPS) is 26.4. The zero-order chi connectivity index (χ0) is 13.7. The first kappa shape index (κ1) is 12.2. The van der Waals surface area contributed by atoms with Crippen molar-refractivity contribution in [1.29, 1.82) is 0 Å². The predicted molar refractivity (Wildman–Crippen MR) is 71.4 cm³/mol. The Hall–Kier alpha value is -1.81. The molecule has 0 amide bonds. The first-order valence-corrected chi connectivity index (χ1v) is 6.46. The van der Waals surface area contributed by atoms with Crippen molar-refractivity contribution in [2.75, 3.05) is 0 Å². The molecule has 0 radical (unpaired) electrons. The Morgan fingerprint density at radius 3 is 2.79 bits per heavy atom. The van der Waals surface area contributed by atoms with Gasteiger partial charge in [-0.3, -0.25) is 4.79 Å². The molecule has 0 unspecified atom stereocenters. The Bertz CT molecular complexity index is 701. The third-order valence-corrected chi connectivity index (χ3v) is 4.07. The molecule has 0 fully saturated rings. The summed E-state index contributed by atoms with van der Waals surface area (Å²) in [5.41, 5.74) is 0.673. The van der Waals surface area contributed by atoms with Crippen molar-refractivity contribution in [2.45, 2.75) is 32.3 Å². The molecule has 1 heterocycles. The van der Waals surface area contributed by atoms with Gasteiger partial charge in [-0.2, -0.15) is 0 Å². The quantitative estimate of drug-likeness (QED) is 0.761. The van der Waals surface area contributed by atoms with Crippen LogP contribution in [0.3, 0.4) is 0 Å². The van der Waals surface area contributed by atoms with Crippen LogP contribution in [-0.2, 0) is 6.42 Å². The van der Waals surface area contributed by atoms with E-state index < -0.39 is 6.10 Å². The molecule has 4 heteroatoms. The standard InChI is InChI=1S/C15H16O4/c1-7-6-11-12(8(2)14(7)17)15(18)13-9(16)4-3-5-10(13)19-11/h3-5,7-8,14,16-17H,6H2,1-2H3/t7-,8-,14+/m1/s1. The van der Waals surface area contributed by atoms with Crippen molar-refractivity contribution in [2.24, 2.45) is 5.92 Å². The van der Waals surface area contributed by atoms with Gasteiger partial charge in [-0.15, -0.1) is 0 Å². The number of fused-ring (bicyclic) bond motifs is 2. The van der Waals surface area contributed by atoms with Gasteiger partial charge in [-0.05, 0) is 18.1 Å². The van der Waals surface area contributed by atoms with E-state index >= 15 is 0 Å². The minimum atomic E-state index is -0.557. The Balaban J connectivity index is 2.38. The molecule has 0 spiro atoms. The van der Waals surface area contributed by atoms with E-state index in [9.17, 15) is 15.0 Å². The van der Waals surface area contributed by atoms with Crippen LogP contribution >= 0.6 is 0 Å². The average Bonchev–Trinajstić information content (AvgIpc) is 2.35. The molecule has 4 nitrogen and oxygen atoms in total. The van der Waals surface area contributed by atoms with E-state index in [2.05, 4.69) is 0 Å². The second-order valence-electron chi connectivity index (χ2n) is 5.38. The molecule has 0 saturated carbocycles. The van der Waals surface area contributed by atoms with Crippen LogP contribution in [0, 0.1) is 5.92 Å². The van der Waals surface area contributed by atoms with Crippen molar-refractivity contribution in [1.82, 2.24) is 0 Å². The van der Waals surface area contributed by atoms with E-state index in [4.69, 9.17) is 4.42 Å². The van der Waals surface area contributed by atoms with Gasteiger partial charge in [-0.1, -0.05) is 19.9 Å². The van der Waals surface area contributed by atoms with Crippen molar-refractivity contribution in [3.8, 4) is 5.75 Å². The Labute approximate surface area is 110 Å². The second kappa shape index (κ2) is 4.10. The first-order chi connectivity index (χ1) is 9.00. The molecule has 1 aliphatic carbocycles. The van der Waals surface area contributed by atoms with Crippen LogP contribution < -0.4 is 5.43 Å². The number of hydrogen-bond acceptors (Lipinski definition) is 4. The third-order valence-electron chi connectivity index (χ3n) is 4.07. The molecule has 0 aliphatic heterocycles. The van der Waals surface area contributed by atoms with Crippen LogP contribution in [0.15, 0.2) is 27.4 Å². The highest BCUT2D eigenvalue weighted by Crippen LogP contribution is 2.35. The topological polar surface area (TPSA) is 70.7 Å². The molecule has 1 aromatic heterocycles. The average molecular weight is 260 g/mol. The summed E-state index contributed by atoms with van der Waals surface area (Å²) >= 11 is 0. The van der Waals surface area contributed by atoms with E-state index in [0.29, 0.717) is 23.3 Å². The Morgan fingerprint density at radius 1 is 1.32 bits per heavy atom. The number of rotatable bonds is 0. The van der Waals surface area contributed by atoms with Crippen LogP contribution in [0.2, 0.25) is 0 Å². The number of phenols is 1. The van der Waals surface area contributed by atoms with Gasteiger partial charge in [0.05, 0.1) is 6.10 Å². The SMILES string of the molecule is C[C@@H]1Cc2oc3cccc(O)c3c(=O)c2[C@@H](C)[C@H]1O. The number of benzene rings is 1. The lowest BCUT2D eigenvalue weighted by Gasteiger charge is -2.31. The first-order valence-electron chi connectivity index (χ1n) is 6.46. The lowest BCUT2D eigenvalue weighted by molar-refractivity contribution is 0.0790. The van der Waals surface area contributed by atoms with Gasteiger partial charge in [-0.25, -0.2) is 0 Å². The van der Waals surface area contributed by atoms with E-state index in [1.165, 1.54) is 6.07 Å². The van der Waals surface area contributed by atoms with Crippen LogP contribution in [0.4, 0.5) is 0 Å². The highest BCUT2D eigenvalue weighted by atomic mass is 16.3. The molecule has 3 rings (SSSR count). The van der Waals surface area contributed by atoms with Crippen LogP contribution in [0.1, 0.15) is 31.1 Å². The van der Waals surface area contributed by atoms with E-state index in [1.807, 2.05) is 13.8 Å². The molecule has 2 aromatic rings. The van der Waals surface area contributed by atoms with Gasteiger partial charge in [0.25, 0.3) is 0 Å². The summed E-state index contributed by atoms with van der Waals surface area (Å²) in [5, 5.41) is 20.2. The van der Waals surface area contributed by atoms with Crippen LogP contribution in [-0.4, -0.2) is 16.3 Å². The fraction of sp³-hybridized carbons (Fsp3) is 0.400. The summed E-state index contributed by atoms with van der Waals surface area (Å²) < 4.78 is 5.76. The maximum atomic E-state index is 12.5. The van der Waals surface area contributed by atoms with Gasteiger partial charge in [0.15, 0.2) is 5.43 Å². The largest absolute Gasteiger partial charge is 0.507 e. The zero-order valence-corrected chi connectivity index (χ0v) is 10.9. The lowest BCUT2D eigenvalue weighted by Crippen LogP contribution is -2.35. The summed E-state index contributed by atoms with van der Waals surface area (Å²) in [4.78, 5) is 12.5. The predicted octanol–water partition coefficient (Wildman–Crippen LogP) is 2.16. The number of aliphatic hydroxyl groups is 1. The van der Waals surface area contributed by atoms with Crippen molar-refractivity contribution < 1.29 is 14.6 Å². The molecule has 1 aromatic carbocycles. The molecule has 100 valence electrons. The van der Waals surface area contributed by atoms with Gasteiger partial charge < -0.3 is 14.6 Å². The number of hydrogen-bond donors (Lipinski definition) is 2. The molecule has 3 atom stereocenters. The highest BCUT2D eigenvalue weighted by molar-refractivity contribution is 5.83. The summed E-state index contributed by atoms with van der Waals surface area (Å²) in [6.45, 7) is 3.76. The molecule has 2 N–H and O–H groups in total.